The van der Waals surface area contributed by atoms with E-state index >= 15 is 0 Å². The molecule has 2 N–H and O–H groups in total. The fourth-order valence-corrected chi connectivity index (χ4v) is 3.02. The van der Waals surface area contributed by atoms with Crippen molar-refractivity contribution >= 4 is 43.5 Å². The second kappa shape index (κ2) is 4.23. The lowest BCUT2D eigenvalue weighted by Crippen LogP contribution is -2.04. The summed E-state index contributed by atoms with van der Waals surface area (Å²) in [5.74, 6) is -1.91. The summed E-state index contributed by atoms with van der Waals surface area (Å²) in [7, 11) is 0. The maximum Gasteiger partial charge on any atom is 0.307 e. The van der Waals surface area contributed by atoms with Gasteiger partial charge in [-0.3, -0.25) is 4.79 Å². The van der Waals surface area contributed by atoms with Gasteiger partial charge in [0, 0.05) is 5.56 Å². The van der Waals surface area contributed by atoms with Crippen LogP contribution in [0.2, 0.25) is 0 Å². The lowest BCUT2D eigenvalue weighted by molar-refractivity contribution is -0.136. The van der Waals surface area contributed by atoms with Crippen molar-refractivity contribution in [2.45, 2.75) is 13.3 Å². The smallest absolute Gasteiger partial charge is 0.307 e. The molecule has 0 unspecified atom stereocenters. The van der Waals surface area contributed by atoms with E-state index in [1.165, 1.54) is 6.92 Å². The van der Waals surface area contributed by atoms with E-state index in [0.717, 1.165) is 11.3 Å². The first-order valence-electron chi connectivity index (χ1n) is 4.59. The second-order valence-corrected chi connectivity index (χ2v) is 5.76. The Hall–Kier alpha value is -1.21. The van der Waals surface area contributed by atoms with E-state index in [0.29, 0.717) is 3.92 Å². The molecular weight excluding hydrogens is 313 g/mol. The van der Waals surface area contributed by atoms with Gasteiger partial charge in [0.25, 0.3) is 0 Å². The van der Waals surface area contributed by atoms with Crippen LogP contribution in [0.5, 0.6) is 5.75 Å². The molecule has 0 aliphatic carbocycles. The van der Waals surface area contributed by atoms with E-state index in [9.17, 15) is 14.3 Å². The number of benzene rings is 1. The molecule has 90 valence electrons. The van der Waals surface area contributed by atoms with Gasteiger partial charge in [-0.25, -0.2) is 9.37 Å². The number of phenols is 1. The summed E-state index contributed by atoms with van der Waals surface area (Å²) in [6.07, 6.45) is -0.417. The number of aliphatic carboxylic acids is 1. The highest BCUT2D eigenvalue weighted by Gasteiger charge is 2.21. The number of carbonyl (C=O) groups is 1. The Kier molecular flexibility index (Phi) is 3.05. The number of aromatic nitrogens is 1. The Bertz CT molecular complexity index is 626. The molecule has 0 fully saturated rings. The topological polar surface area (TPSA) is 70.4 Å². The van der Waals surface area contributed by atoms with E-state index < -0.39 is 18.2 Å². The zero-order valence-electron chi connectivity index (χ0n) is 8.62. The predicted molar refractivity (Wildman–Crippen MR) is 65.0 cm³/mol. The molecule has 0 atom stereocenters. The summed E-state index contributed by atoms with van der Waals surface area (Å²) < 4.78 is 14.6. The molecule has 0 aliphatic heterocycles. The van der Waals surface area contributed by atoms with Crippen LogP contribution in [0.1, 0.15) is 11.1 Å². The molecule has 0 saturated carbocycles. The molecular formula is C10H7BrFNO3S. The number of carboxylic acids is 1. The van der Waals surface area contributed by atoms with Crippen LogP contribution in [0.4, 0.5) is 4.39 Å². The Morgan fingerprint density at radius 2 is 2.24 bits per heavy atom. The van der Waals surface area contributed by atoms with Gasteiger partial charge in [-0.1, -0.05) is 0 Å². The quantitative estimate of drug-likeness (QED) is 0.893. The number of halogens is 2. The van der Waals surface area contributed by atoms with Gasteiger partial charge in [-0.05, 0) is 28.4 Å². The average molecular weight is 320 g/mol. The van der Waals surface area contributed by atoms with Gasteiger partial charge in [-0.2, -0.15) is 0 Å². The molecule has 1 heterocycles. The first-order chi connectivity index (χ1) is 7.91. The molecule has 0 spiro atoms. The minimum absolute atomic E-state index is 0.0611. The number of rotatable bonds is 2. The first-order valence-corrected chi connectivity index (χ1v) is 6.20. The van der Waals surface area contributed by atoms with E-state index in [2.05, 4.69) is 20.9 Å². The minimum atomic E-state index is -1.12. The van der Waals surface area contributed by atoms with Crippen LogP contribution in [0.25, 0.3) is 10.2 Å². The number of thiazole rings is 1. The normalized spacial score (nSPS) is 11.0. The van der Waals surface area contributed by atoms with E-state index in [4.69, 9.17) is 5.11 Å². The number of fused-ring (bicyclic) bond motifs is 1. The van der Waals surface area contributed by atoms with Crippen LogP contribution >= 0.6 is 27.3 Å². The third-order valence-corrected chi connectivity index (χ3v) is 3.93. The van der Waals surface area contributed by atoms with Crippen molar-refractivity contribution in [3.8, 4) is 5.75 Å². The molecule has 0 saturated heterocycles. The molecule has 17 heavy (non-hydrogen) atoms. The van der Waals surface area contributed by atoms with Gasteiger partial charge < -0.3 is 10.2 Å². The van der Waals surface area contributed by atoms with Crippen molar-refractivity contribution < 1.29 is 19.4 Å². The molecule has 2 aromatic rings. The van der Waals surface area contributed by atoms with Crippen molar-refractivity contribution in [1.29, 1.82) is 0 Å². The molecule has 0 radical (unpaired) electrons. The number of nitrogens with zero attached hydrogens (tertiary/aromatic N) is 1. The van der Waals surface area contributed by atoms with Gasteiger partial charge in [0.1, 0.15) is 16.0 Å². The van der Waals surface area contributed by atoms with E-state index in [-0.39, 0.29) is 27.1 Å². The van der Waals surface area contributed by atoms with Gasteiger partial charge in [0.05, 0.1) is 6.42 Å². The van der Waals surface area contributed by atoms with Crippen LogP contribution in [0, 0.1) is 12.7 Å². The maximum atomic E-state index is 13.9. The van der Waals surface area contributed by atoms with Crippen LogP contribution in [-0.4, -0.2) is 21.2 Å². The van der Waals surface area contributed by atoms with Crippen LogP contribution in [-0.2, 0) is 11.2 Å². The van der Waals surface area contributed by atoms with Crippen molar-refractivity contribution in [2.75, 3.05) is 0 Å². The molecule has 7 heteroatoms. The average Bonchev–Trinajstić information content (AvgIpc) is 2.63. The Labute approximate surface area is 108 Å². The highest BCUT2D eigenvalue weighted by Crippen LogP contribution is 2.39. The number of hydrogen-bond donors (Lipinski definition) is 2. The van der Waals surface area contributed by atoms with Crippen molar-refractivity contribution in [3.63, 3.8) is 0 Å². The monoisotopic (exact) mass is 319 g/mol. The maximum absolute atomic E-state index is 13.9. The summed E-state index contributed by atoms with van der Waals surface area (Å²) in [6.45, 7) is 1.43. The van der Waals surface area contributed by atoms with Crippen molar-refractivity contribution in [2.24, 2.45) is 0 Å². The lowest BCUT2D eigenvalue weighted by atomic mass is 10.0. The molecule has 0 aliphatic rings. The minimum Gasteiger partial charge on any atom is -0.506 e. The summed E-state index contributed by atoms with van der Waals surface area (Å²) in [6, 6.07) is 0. The molecule has 0 bridgehead atoms. The zero-order chi connectivity index (χ0) is 12.7. The predicted octanol–water partition coefficient (Wildman–Crippen LogP) is 2.84. The molecule has 1 aromatic carbocycles. The highest BCUT2D eigenvalue weighted by atomic mass is 79.9. The van der Waals surface area contributed by atoms with Crippen LogP contribution < -0.4 is 0 Å². The highest BCUT2D eigenvalue weighted by molar-refractivity contribution is 9.11. The van der Waals surface area contributed by atoms with Gasteiger partial charge >= 0.3 is 5.97 Å². The van der Waals surface area contributed by atoms with Crippen molar-refractivity contribution in [3.05, 3.63) is 20.9 Å². The fourth-order valence-electron chi connectivity index (χ4n) is 1.60. The van der Waals surface area contributed by atoms with Gasteiger partial charge in [0.2, 0.25) is 0 Å². The molecule has 2 rings (SSSR count). The number of hydrogen-bond acceptors (Lipinski definition) is 4. The van der Waals surface area contributed by atoms with E-state index in [1.807, 2.05) is 0 Å². The third kappa shape index (κ3) is 2.00. The molecule has 0 amide bonds. The van der Waals surface area contributed by atoms with Crippen LogP contribution in [0.3, 0.4) is 0 Å². The summed E-state index contributed by atoms with van der Waals surface area (Å²) >= 11 is 4.17. The van der Waals surface area contributed by atoms with Crippen molar-refractivity contribution in [1.82, 2.24) is 4.98 Å². The Balaban J connectivity index is 2.80. The zero-order valence-corrected chi connectivity index (χ0v) is 11.0. The summed E-state index contributed by atoms with van der Waals surface area (Å²) in [5, 5.41) is 18.7. The Morgan fingerprint density at radius 1 is 1.59 bits per heavy atom. The largest absolute Gasteiger partial charge is 0.506 e. The SMILES string of the molecule is Cc1c(CC(=O)O)c(O)c2sc(Br)nc2c1F. The molecule has 4 nitrogen and oxygen atoms in total. The number of phenolic OH excluding ortho intramolecular Hbond substituents is 1. The third-order valence-electron chi connectivity index (χ3n) is 2.42. The fraction of sp³-hybridized carbons (Fsp3) is 0.200. The van der Waals surface area contributed by atoms with Gasteiger partial charge in [0.15, 0.2) is 9.73 Å². The summed E-state index contributed by atoms with van der Waals surface area (Å²) in [5.41, 5.74) is 0.278. The van der Waals surface area contributed by atoms with Gasteiger partial charge in [-0.15, -0.1) is 11.3 Å². The first kappa shape index (κ1) is 12.3. The number of aromatic hydroxyl groups is 1. The molecule has 1 aromatic heterocycles. The lowest BCUT2D eigenvalue weighted by Gasteiger charge is -2.08. The standard InChI is InChI=1S/C10H7BrFNO3S/c1-3-4(2-5(14)15)8(16)9-7(6(3)12)13-10(11)17-9/h16H,2H2,1H3,(H,14,15). The second-order valence-electron chi connectivity index (χ2n) is 3.48. The van der Waals surface area contributed by atoms with Crippen LogP contribution in [0.15, 0.2) is 3.92 Å². The number of carboxylic acid groups (broad SMARTS) is 1. The Morgan fingerprint density at radius 3 is 2.82 bits per heavy atom. The summed E-state index contributed by atoms with van der Waals surface area (Å²) in [4.78, 5) is 14.6. The van der Waals surface area contributed by atoms with E-state index in [1.54, 1.807) is 0 Å².